The molecule has 1 aromatic rings. The molecule has 1 aromatic carbocycles. The molecule has 4 heteroatoms. The van der Waals surface area contributed by atoms with Crippen molar-refractivity contribution in [3.63, 3.8) is 0 Å². The number of ether oxygens (including phenoxy) is 2. The van der Waals surface area contributed by atoms with E-state index in [0.29, 0.717) is 24.0 Å². The molecule has 0 bridgehead atoms. The van der Waals surface area contributed by atoms with Crippen molar-refractivity contribution in [3.8, 4) is 11.5 Å². The maximum atomic E-state index is 6.25. The van der Waals surface area contributed by atoms with Crippen LogP contribution >= 0.6 is 11.6 Å². The Morgan fingerprint density at radius 1 is 1.26 bits per heavy atom. The normalized spacial score (nSPS) is 14.5. The van der Waals surface area contributed by atoms with Gasteiger partial charge in [-0.2, -0.15) is 0 Å². The molecule has 1 aliphatic rings. The minimum atomic E-state index is 0.639. The highest BCUT2D eigenvalue weighted by atomic mass is 35.5. The Morgan fingerprint density at radius 3 is 2.84 bits per heavy atom. The van der Waals surface area contributed by atoms with E-state index in [9.17, 15) is 0 Å². The summed E-state index contributed by atoms with van der Waals surface area (Å²) in [6.07, 6.45) is 2.07. The van der Waals surface area contributed by atoms with E-state index in [-0.39, 0.29) is 0 Å². The molecule has 0 aromatic heterocycles. The van der Waals surface area contributed by atoms with Crippen LogP contribution in [0.4, 0.5) is 0 Å². The van der Waals surface area contributed by atoms with Crippen molar-refractivity contribution in [3.05, 3.63) is 22.7 Å². The predicted molar refractivity (Wildman–Crippen MR) is 78.2 cm³/mol. The Kier molecular flexibility index (Phi) is 5.34. The summed E-state index contributed by atoms with van der Waals surface area (Å²) in [6, 6.07) is 3.98. The minimum absolute atomic E-state index is 0.639. The lowest BCUT2D eigenvalue weighted by Crippen LogP contribution is -2.16. The molecule has 0 saturated carbocycles. The predicted octanol–water partition coefficient (Wildman–Crippen LogP) is 3.64. The molecule has 0 aliphatic carbocycles. The molecule has 0 radical (unpaired) electrons. The molecule has 1 heterocycles. The van der Waals surface area contributed by atoms with Crippen molar-refractivity contribution in [1.82, 2.24) is 5.32 Å². The third-order valence-electron chi connectivity index (χ3n) is 3.09. The highest BCUT2D eigenvalue weighted by Gasteiger charge is 2.15. The van der Waals surface area contributed by atoms with Gasteiger partial charge in [0.25, 0.3) is 0 Å². The number of fused-ring (bicyclic) bond motifs is 1. The zero-order valence-electron chi connectivity index (χ0n) is 11.7. The average molecular weight is 284 g/mol. The van der Waals surface area contributed by atoms with E-state index in [1.165, 1.54) is 6.42 Å². The van der Waals surface area contributed by atoms with E-state index in [4.69, 9.17) is 21.1 Å². The van der Waals surface area contributed by atoms with Gasteiger partial charge in [0.15, 0.2) is 11.5 Å². The summed E-state index contributed by atoms with van der Waals surface area (Å²) in [5, 5.41) is 4.07. The van der Waals surface area contributed by atoms with Crippen molar-refractivity contribution in [1.29, 1.82) is 0 Å². The lowest BCUT2D eigenvalue weighted by molar-refractivity contribution is 0.297. The molecular weight excluding hydrogens is 262 g/mol. The highest BCUT2D eigenvalue weighted by Crippen LogP contribution is 2.37. The Bertz CT molecular complexity index is 421. The molecule has 0 amide bonds. The van der Waals surface area contributed by atoms with Crippen LogP contribution in [0.25, 0.3) is 0 Å². The Balaban J connectivity index is 1.98. The smallest absolute Gasteiger partial charge is 0.179 e. The van der Waals surface area contributed by atoms with Gasteiger partial charge in [0.05, 0.1) is 18.2 Å². The lowest BCUT2D eigenvalue weighted by Gasteiger charge is -2.12. The molecule has 0 saturated heterocycles. The van der Waals surface area contributed by atoms with Crippen LogP contribution in [0.2, 0.25) is 5.02 Å². The van der Waals surface area contributed by atoms with Gasteiger partial charge in [0.1, 0.15) is 0 Å². The summed E-state index contributed by atoms with van der Waals surface area (Å²) in [5.74, 6) is 2.18. The van der Waals surface area contributed by atoms with E-state index >= 15 is 0 Å². The molecule has 106 valence electrons. The standard InChI is InChI=1S/C15H22ClNO2/c1-11(2)4-5-17-10-12-8-13(16)15-14(9-12)18-6-3-7-19-15/h8-9,11,17H,3-7,10H2,1-2H3. The van der Waals surface area contributed by atoms with Crippen LogP contribution in [0, 0.1) is 5.92 Å². The average Bonchev–Trinajstić information content (AvgIpc) is 2.60. The second-order valence-electron chi connectivity index (χ2n) is 5.31. The minimum Gasteiger partial charge on any atom is -0.489 e. The first kappa shape index (κ1) is 14.5. The largest absolute Gasteiger partial charge is 0.489 e. The molecule has 0 atom stereocenters. The van der Waals surface area contributed by atoms with E-state index in [2.05, 4.69) is 19.2 Å². The van der Waals surface area contributed by atoms with Crippen molar-refractivity contribution >= 4 is 11.6 Å². The number of nitrogens with one attached hydrogen (secondary N) is 1. The number of benzene rings is 1. The van der Waals surface area contributed by atoms with Crippen LogP contribution in [0.3, 0.4) is 0 Å². The van der Waals surface area contributed by atoms with E-state index < -0.39 is 0 Å². The third kappa shape index (κ3) is 4.29. The van der Waals surface area contributed by atoms with Gasteiger partial charge in [-0.15, -0.1) is 0 Å². The van der Waals surface area contributed by atoms with Gasteiger partial charge < -0.3 is 14.8 Å². The summed E-state index contributed by atoms with van der Waals surface area (Å²) in [4.78, 5) is 0. The molecule has 0 fully saturated rings. The fourth-order valence-electron chi connectivity index (χ4n) is 2.01. The van der Waals surface area contributed by atoms with Gasteiger partial charge in [-0.25, -0.2) is 0 Å². The Labute approximate surface area is 120 Å². The molecule has 0 unspecified atom stereocenters. The summed E-state index contributed by atoms with van der Waals surface area (Å²) in [5.41, 5.74) is 1.14. The summed E-state index contributed by atoms with van der Waals surface area (Å²) in [7, 11) is 0. The number of halogens is 1. The monoisotopic (exact) mass is 283 g/mol. The molecule has 2 rings (SSSR count). The quantitative estimate of drug-likeness (QED) is 0.837. The molecule has 19 heavy (non-hydrogen) atoms. The third-order valence-corrected chi connectivity index (χ3v) is 3.37. The second kappa shape index (κ2) is 7.01. The second-order valence-corrected chi connectivity index (χ2v) is 5.72. The molecule has 3 nitrogen and oxygen atoms in total. The van der Waals surface area contributed by atoms with Gasteiger partial charge in [0.2, 0.25) is 0 Å². The molecule has 1 N–H and O–H groups in total. The zero-order chi connectivity index (χ0) is 13.7. The van der Waals surface area contributed by atoms with E-state index in [1.807, 2.05) is 12.1 Å². The molecular formula is C15H22ClNO2. The highest BCUT2D eigenvalue weighted by molar-refractivity contribution is 6.32. The van der Waals surface area contributed by atoms with Crippen LogP contribution in [-0.2, 0) is 6.54 Å². The maximum absolute atomic E-state index is 6.25. The number of hydrogen-bond acceptors (Lipinski definition) is 3. The number of hydrogen-bond donors (Lipinski definition) is 1. The van der Waals surface area contributed by atoms with Gasteiger partial charge in [0, 0.05) is 13.0 Å². The van der Waals surface area contributed by atoms with Crippen LogP contribution in [0.1, 0.15) is 32.3 Å². The van der Waals surface area contributed by atoms with Crippen molar-refractivity contribution < 1.29 is 9.47 Å². The van der Waals surface area contributed by atoms with Gasteiger partial charge in [-0.05, 0) is 36.6 Å². The van der Waals surface area contributed by atoms with Crippen molar-refractivity contribution in [2.24, 2.45) is 5.92 Å². The van der Waals surface area contributed by atoms with Crippen molar-refractivity contribution in [2.75, 3.05) is 19.8 Å². The molecule has 1 aliphatic heterocycles. The lowest BCUT2D eigenvalue weighted by atomic mass is 10.1. The zero-order valence-corrected chi connectivity index (χ0v) is 12.4. The van der Waals surface area contributed by atoms with Gasteiger partial charge in [-0.3, -0.25) is 0 Å². The number of rotatable bonds is 5. The first-order chi connectivity index (χ1) is 9.16. The van der Waals surface area contributed by atoms with Gasteiger partial charge in [-0.1, -0.05) is 25.4 Å². The SMILES string of the molecule is CC(C)CCNCc1cc(Cl)c2c(c1)OCCCO2. The summed E-state index contributed by atoms with van der Waals surface area (Å²) in [6.45, 7) is 7.64. The van der Waals surface area contributed by atoms with Crippen LogP contribution < -0.4 is 14.8 Å². The van der Waals surface area contributed by atoms with Crippen LogP contribution in [-0.4, -0.2) is 19.8 Å². The summed E-state index contributed by atoms with van der Waals surface area (Å²) >= 11 is 6.25. The Morgan fingerprint density at radius 2 is 2.05 bits per heavy atom. The fourth-order valence-corrected chi connectivity index (χ4v) is 2.30. The molecule has 0 spiro atoms. The topological polar surface area (TPSA) is 30.5 Å². The van der Waals surface area contributed by atoms with Gasteiger partial charge >= 0.3 is 0 Å². The Hall–Kier alpha value is -0.930. The summed E-state index contributed by atoms with van der Waals surface area (Å²) < 4.78 is 11.3. The van der Waals surface area contributed by atoms with Crippen LogP contribution in [0.5, 0.6) is 11.5 Å². The van der Waals surface area contributed by atoms with E-state index in [1.54, 1.807) is 0 Å². The first-order valence-corrected chi connectivity index (χ1v) is 7.33. The van der Waals surface area contributed by atoms with E-state index in [0.717, 1.165) is 36.7 Å². The fraction of sp³-hybridized carbons (Fsp3) is 0.600. The van der Waals surface area contributed by atoms with Crippen molar-refractivity contribution in [2.45, 2.75) is 33.2 Å². The maximum Gasteiger partial charge on any atom is 0.179 e. The van der Waals surface area contributed by atoms with Crippen LogP contribution in [0.15, 0.2) is 12.1 Å². The first-order valence-electron chi connectivity index (χ1n) is 6.95.